The fourth-order valence-electron chi connectivity index (χ4n) is 3.00. The van der Waals surface area contributed by atoms with E-state index < -0.39 is 15.8 Å². The van der Waals surface area contributed by atoms with Crippen LogP contribution in [-0.4, -0.2) is 52.1 Å². The average Bonchev–Trinajstić information content (AvgIpc) is 3.09. The Morgan fingerprint density at radius 3 is 2.50 bits per heavy atom. The summed E-state index contributed by atoms with van der Waals surface area (Å²) in [6.07, 6.45) is 0. The molecule has 3 aliphatic rings. The van der Waals surface area contributed by atoms with Crippen molar-refractivity contribution in [3.63, 3.8) is 0 Å². The van der Waals surface area contributed by atoms with E-state index in [2.05, 4.69) is 5.32 Å². The van der Waals surface area contributed by atoms with Gasteiger partial charge in [0.15, 0.2) is 17.3 Å². The van der Waals surface area contributed by atoms with Gasteiger partial charge in [0.05, 0.1) is 0 Å². The Morgan fingerprint density at radius 1 is 1.09 bits per heavy atom. The molecular weight excluding hydrogens is 311 g/mol. The van der Waals surface area contributed by atoms with E-state index in [0.29, 0.717) is 32.8 Å². The average molecular weight is 326 g/mol. The summed E-state index contributed by atoms with van der Waals surface area (Å²) in [5, 5.41) is 3.18. The van der Waals surface area contributed by atoms with Crippen molar-refractivity contribution in [2.45, 2.75) is 4.90 Å². The SMILES string of the molecule is O=S(=O)(c1ccc2c(c1F)OCCO2)N1CC2=C(CNC2)C1. The van der Waals surface area contributed by atoms with E-state index in [4.69, 9.17) is 9.47 Å². The van der Waals surface area contributed by atoms with E-state index in [1.807, 2.05) is 0 Å². The molecule has 0 bridgehead atoms. The van der Waals surface area contributed by atoms with Gasteiger partial charge in [0.2, 0.25) is 10.0 Å². The first-order valence-electron chi connectivity index (χ1n) is 7.06. The Balaban J connectivity index is 1.69. The molecule has 0 saturated heterocycles. The number of nitrogens with one attached hydrogen (secondary N) is 1. The Bertz CT molecular complexity index is 759. The zero-order valence-electron chi connectivity index (χ0n) is 11.8. The predicted molar refractivity (Wildman–Crippen MR) is 76.0 cm³/mol. The third-order valence-electron chi connectivity index (χ3n) is 4.14. The molecule has 0 aromatic heterocycles. The number of rotatable bonds is 2. The maximum absolute atomic E-state index is 14.6. The molecule has 0 amide bonds. The summed E-state index contributed by atoms with van der Waals surface area (Å²) in [4.78, 5) is -0.356. The predicted octanol–water partition coefficient (Wildman–Crippen LogP) is 0.501. The highest BCUT2D eigenvalue weighted by atomic mass is 32.2. The highest BCUT2D eigenvalue weighted by Gasteiger charge is 2.36. The largest absolute Gasteiger partial charge is 0.486 e. The molecule has 0 aliphatic carbocycles. The second-order valence-corrected chi connectivity index (χ2v) is 7.39. The molecule has 0 spiro atoms. The highest BCUT2D eigenvalue weighted by molar-refractivity contribution is 7.89. The zero-order valence-corrected chi connectivity index (χ0v) is 12.6. The van der Waals surface area contributed by atoms with E-state index in [1.54, 1.807) is 0 Å². The monoisotopic (exact) mass is 326 g/mol. The molecule has 118 valence electrons. The van der Waals surface area contributed by atoms with Gasteiger partial charge in [-0.15, -0.1) is 0 Å². The summed E-state index contributed by atoms with van der Waals surface area (Å²) < 4.78 is 51.8. The maximum atomic E-state index is 14.6. The van der Waals surface area contributed by atoms with Gasteiger partial charge in [0.25, 0.3) is 0 Å². The Kier molecular flexibility index (Phi) is 3.14. The normalized spacial score (nSPS) is 21.3. The summed E-state index contributed by atoms with van der Waals surface area (Å²) in [6.45, 7) is 2.57. The van der Waals surface area contributed by atoms with Crippen LogP contribution in [0.25, 0.3) is 0 Å². The number of nitrogens with zero attached hydrogens (tertiary/aromatic N) is 1. The van der Waals surface area contributed by atoms with Crippen molar-refractivity contribution in [3.05, 3.63) is 29.1 Å². The second-order valence-electron chi connectivity index (χ2n) is 5.49. The van der Waals surface area contributed by atoms with Gasteiger partial charge in [-0.05, 0) is 23.3 Å². The molecule has 4 rings (SSSR count). The molecule has 0 unspecified atom stereocenters. The lowest BCUT2D eigenvalue weighted by Gasteiger charge is -2.22. The van der Waals surface area contributed by atoms with E-state index in [9.17, 15) is 12.8 Å². The Hall–Kier alpha value is -1.64. The van der Waals surface area contributed by atoms with Crippen LogP contribution in [0.1, 0.15) is 0 Å². The lowest BCUT2D eigenvalue weighted by atomic mass is 10.2. The molecule has 0 radical (unpaired) electrons. The Morgan fingerprint density at radius 2 is 1.77 bits per heavy atom. The van der Waals surface area contributed by atoms with Gasteiger partial charge in [0.1, 0.15) is 18.1 Å². The van der Waals surface area contributed by atoms with Crippen molar-refractivity contribution in [3.8, 4) is 11.5 Å². The maximum Gasteiger partial charge on any atom is 0.246 e. The summed E-state index contributed by atoms with van der Waals surface area (Å²) in [5.41, 5.74) is 2.17. The van der Waals surface area contributed by atoms with Crippen LogP contribution in [0.5, 0.6) is 11.5 Å². The molecule has 1 aromatic rings. The molecule has 0 atom stereocenters. The fourth-order valence-corrected chi connectivity index (χ4v) is 4.49. The van der Waals surface area contributed by atoms with Crippen molar-refractivity contribution < 1.29 is 22.3 Å². The van der Waals surface area contributed by atoms with Gasteiger partial charge in [-0.1, -0.05) is 0 Å². The Labute approximate surface area is 127 Å². The van der Waals surface area contributed by atoms with Gasteiger partial charge in [-0.2, -0.15) is 4.31 Å². The smallest absolute Gasteiger partial charge is 0.246 e. The number of hydrogen-bond acceptors (Lipinski definition) is 5. The van der Waals surface area contributed by atoms with Crippen LogP contribution in [0, 0.1) is 5.82 Å². The standard InChI is InChI=1S/C14H15FN2O4S/c15-13-12(2-1-11-14(13)21-4-3-20-11)22(18,19)17-7-9-5-16-6-10(9)8-17/h1-2,16H,3-8H2. The van der Waals surface area contributed by atoms with Crippen molar-refractivity contribution in [1.29, 1.82) is 0 Å². The third-order valence-corrected chi connectivity index (χ3v) is 5.95. The van der Waals surface area contributed by atoms with Gasteiger partial charge in [-0.3, -0.25) is 0 Å². The van der Waals surface area contributed by atoms with Crippen molar-refractivity contribution in [2.24, 2.45) is 0 Å². The van der Waals surface area contributed by atoms with Crippen LogP contribution in [0.2, 0.25) is 0 Å². The van der Waals surface area contributed by atoms with E-state index in [-0.39, 0.29) is 23.0 Å². The first-order valence-corrected chi connectivity index (χ1v) is 8.50. The van der Waals surface area contributed by atoms with Gasteiger partial charge < -0.3 is 14.8 Å². The molecule has 22 heavy (non-hydrogen) atoms. The molecular formula is C14H15FN2O4S. The van der Waals surface area contributed by atoms with Crippen LogP contribution in [-0.2, 0) is 10.0 Å². The third kappa shape index (κ3) is 2.02. The molecule has 1 N–H and O–H groups in total. The van der Waals surface area contributed by atoms with Crippen molar-refractivity contribution >= 4 is 10.0 Å². The van der Waals surface area contributed by atoms with Crippen molar-refractivity contribution in [2.75, 3.05) is 39.4 Å². The minimum absolute atomic E-state index is 0.117. The van der Waals surface area contributed by atoms with Crippen LogP contribution in [0.3, 0.4) is 0 Å². The van der Waals surface area contributed by atoms with E-state index >= 15 is 0 Å². The van der Waals surface area contributed by atoms with Gasteiger partial charge >= 0.3 is 0 Å². The molecule has 1 aromatic carbocycles. The number of ether oxygens (including phenoxy) is 2. The number of hydrogen-bond donors (Lipinski definition) is 1. The summed E-state index contributed by atoms with van der Waals surface area (Å²) in [7, 11) is -3.89. The number of halogens is 1. The van der Waals surface area contributed by atoms with Gasteiger partial charge in [-0.25, -0.2) is 12.8 Å². The number of sulfonamides is 1. The van der Waals surface area contributed by atoms with Crippen LogP contribution in [0.15, 0.2) is 28.2 Å². The zero-order chi connectivity index (χ0) is 15.3. The first kappa shape index (κ1) is 14.0. The summed E-state index contributed by atoms with van der Waals surface area (Å²) in [5.74, 6) is -0.745. The van der Waals surface area contributed by atoms with E-state index in [0.717, 1.165) is 11.1 Å². The first-order chi connectivity index (χ1) is 10.6. The molecule has 8 heteroatoms. The number of fused-ring (bicyclic) bond motifs is 1. The number of benzene rings is 1. The minimum Gasteiger partial charge on any atom is -0.486 e. The topological polar surface area (TPSA) is 67.9 Å². The quantitative estimate of drug-likeness (QED) is 0.802. The second kappa shape index (κ2) is 4.94. The van der Waals surface area contributed by atoms with E-state index in [1.165, 1.54) is 16.4 Å². The lowest BCUT2D eigenvalue weighted by molar-refractivity contribution is 0.163. The highest BCUT2D eigenvalue weighted by Crippen LogP contribution is 2.38. The lowest BCUT2D eigenvalue weighted by Crippen LogP contribution is -2.33. The summed E-state index contributed by atoms with van der Waals surface area (Å²) in [6, 6.07) is 2.70. The molecule has 0 saturated carbocycles. The van der Waals surface area contributed by atoms with Crippen molar-refractivity contribution in [1.82, 2.24) is 9.62 Å². The minimum atomic E-state index is -3.89. The molecule has 3 aliphatic heterocycles. The van der Waals surface area contributed by atoms with Crippen LogP contribution >= 0.6 is 0 Å². The van der Waals surface area contributed by atoms with Crippen LogP contribution in [0.4, 0.5) is 4.39 Å². The molecule has 3 heterocycles. The van der Waals surface area contributed by atoms with Gasteiger partial charge in [0, 0.05) is 26.2 Å². The fraction of sp³-hybridized carbons (Fsp3) is 0.429. The van der Waals surface area contributed by atoms with Crippen LogP contribution < -0.4 is 14.8 Å². The molecule has 6 nitrogen and oxygen atoms in total. The summed E-state index contributed by atoms with van der Waals surface area (Å²) >= 11 is 0. The molecule has 0 fully saturated rings.